The Morgan fingerprint density at radius 1 is 0.797 bits per heavy atom. The molecule has 13 nitrogen and oxygen atoms in total. The maximum absolute atomic E-state index is 13.6. The first-order valence-electron chi connectivity index (χ1n) is 25.2. The molecule has 69 heavy (non-hydrogen) atoms. The maximum Gasteiger partial charge on any atom is 0.329 e. The van der Waals surface area contributed by atoms with Crippen LogP contribution in [0.4, 0.5) is 4.39 Å². The minimum absolute atomic E-state index is 0.0415. The van der Waals surface area contributed by atoms with Crippen LogP contribution in [0.1, 0.15) is 131 Å². The Morgan fingerprint density at radius 3 is 2.30 bits per heavy atom. The summed E-state index contributed by atoms with van der Waals surface area (Å²) in [7, 11) is 3.58. The monoisotopic (exact) mass is 942 g/mol. The Labute approximate surface area is 404 Å². The molecule has 0 spiro atoms. The van der Waals surface area contributed by atoms with Crippen molar-refractivity contribution in [1.82, 2.24) is 34.5 Å². The number of halogens is 1. The van der Waals surface area contributed by atoms with Crippen LogP contribution >= 0.6 is 0 Å². The molecule has 2 unspecified atom stereocenters. The summed E-state index contributed by atoms with van der Waals surface area (Å²) in [5.41, 5.74) is 5.64. The largest absolute Gasteiger partial charge is 0.352 e. The fourth-order valence-electron chi connectivity index (χ4n) is 10.9. The normalized spacial score (nSPS) is 17.9. The molecule has 3 fully saturated rings. The van der Waals surface area contributed by atoms with Crippen molar-refractivity contribution in [3.63, 3.8) is 0 Å². The van der Waals surface area contributed by atoms with E-state index in [4.69, 9.17) is 0 Å². The lowest BCUT2D eigenvalue weighted by molar-refractivity contribution is -0.136. The lowest BCUT2D eigenvalue weighted by Gasteiger charge is -2.36. The van der Waals surface area contributed by atoms with Crippen molar-refractivity contribution in [2.75, 3.05) is 39.8 Å². The van der Waals surface area contributed by atoms with Gasteiger partial charge >= 0.3 is 5.69 Å². The predicted octanol–water partition coefficient (Wildman–Crippen LogP) is 7.84. The molecule has 1 aromatic heterocycles. The maximum atomic E-state index is 13.6. The molecule has 2 atom stereocenters. The fourth-order valence-corrected chi connectivity index (χ4v) is 10.9. The van der Waals surface area contributed by atoms with Crippen molar-refractivity contribution in [1.29, 1.82) is 0 Å². The number of fused-ring (bicyclic) bond motifs is 2. The van der Waals surface area contributed by atoms with E-state index in [-0.39, 0.29) is 59.4 Å². The van der Waals surface area contributed by atoms with Crippen molar-refractivity contribution >= 4 is 51.3 Å². The van der Waals surface area contributed by atoms with Crippen molar-refractivity contribution in [3.05, 3.63) is 117 Å². The number of amides is 5. The first-order valence-corrected chi connectivity index (χ1v) is 25.2. The van der Waals surface area contributed by atoms with Crippen LogP contribution in [-0.4, -0.2) is 93.1 Å². The van der Waals surface area contributed by atoms with Crippen LogP contribution in [0.15, 0.2) is 83.7 Å². The Kier molecular flexibility index (Phi) is 16.1. The van der Waals surface area contributed by atoms with Gasteiger partial charge in [0.05, 0.1) is 11.0 Å². The van der Waals surface area contributed by atoms with Crippen LogP contribution < -0.4 is 16.3 Å². The third-order valence-corrected chi connectivity index (χ3v) is 15.2. The number of imide groups is 1. The van der Waals surface area contributed by atoms with E-state index in [9.17, 15) is 33.2 Å². The highest BCUT2D eigenvalue weighted by Crippen LogP contribution is 2.35. The zero-order valence-corrected chi connectivity index (χ0v) is 40.5. The third-order valence-electron chi connectivity index (χ3n) is 15.2. The average Bonchev–Trinajstić information content (AvgIpc) is 3.61. The average molecular weight is 942 g/mol. The van der Waals surface area contributed by atoms with E-state index < -0.39 is 11.9 Å². The van der Waals surface area contributed by atoms with Gasteiger partial charge in [0.25, 0.3) is 0 Å². The second kappa shape index (κ2) is 22.5. The van der Waals surface area contributed by atoms with Gasteiger partial charge in [-0.05, 0) is 147 Å². The molecule has 5 aromatic rings. The van der Waals surface area contributed by atoms with E-state index in [1.165, 1.54) is 38.6 Å². The molecule has 8 rings (SSSR count). The van der Waals surface area contributed by atoms with E-state index in [0.29, 0.717) is 63.8 Å². The fraction of sp³-hybridized carbons (Fsp3) is 0.491. The number of aromatic nitrogens is 2. The van der Waals surface area contributed by atoms with Crippen molar-refractivity contribution in [2.45, 2.75) is 121 Å². The van der Waals surface area contributed by atoms with Crippen molar-refractivity contribution < 1.29 is 28.4 Å². The van der Waals surface area contributed by atoms with Gasteiger partial charge in [-0.1, -0.05) is 61.0 Å². The smallest absolute Gasteiger partial charge is 0.329 e. The highest BCUT2D eigenvalue weighted by atomic mass is 19.1. The molecular formula is C55H68FN7O6. The van der Waals surface area contributed by atoms with Gasteiger partial charge in [-0.25, -0.2) is 9.18 Å². The number of carbonyl (C=O) groups excluding carboxylic acids is 5. The van der Waals surface area contributed by atoms with E-state index in [1.807, 2.05) is 41.1 Å². The second-order valence-electron chi connectivity index (χ2n) is 19.6. The van der Waals surface area contributed by atoms with Crippen LogP contribution in [0.2, 0.25) is 0 Å². The molecule has 0 aliphatic carbocycles. The van der Waals surface area contributed by atoms with Crippen LogP contribution in [0.3, 0.4) is 0 Å². The number of carbonyl (C=O) groups is 5. The Bertz CT molecular complexity index is 2730. The first kappa shape index (κ1) is 49.3. The summed E-state index contributed by atoms with van der Waals surface area (Å²) in [4.78, 5) is 82.9. The molecule has 3 aliphatic heterocycles. The van der Waals surface area contributed by atoms with Gasteiger partial charge in [0, 0.05) is 71.5 Å². The van der Waals surface area contributed by atoms with Crippen molar-refractivity contribution in [2.24, 2.45) is 13.0 Å². The second-order valence-corrected chi connectivity index (χ2v) is 19.6. The van der Waals surface area contributed by atoms with E-state index in [1.54, 1.807) is 17.7 Å². The summed E-state index contributed by atoms with van der Waals surface area (Å²) in [6, 6.07) is 25.0. The topological polar surface area (TPSA) is 146 Å². The molecule has 14 heteroatoms. The summed E-state index contributed by atoms with van der Waals surface area (Å²) in [5, 5.41) is 7.93. The van der Waals surface area contributed by atoms with E-state index >= 15 is 0 Å². The number of rotatable bonds is 18. The molecule has 3 saturated heterocycles. The number of hydrogen-bond acceptors (Lipinski definition) is 7. The predicted molar refractivity (Wildman–Crippen MR) is 266 cm³/mol. The number of likely N-dealkylation sites (tertiary alicyclic amines) is 2. The lowest BCUT2D eigenvalue weighted by atomic mass is 9.89. The number of benzene rings is 4. The molecule has 0 saturated carbocycles. The number of unbranched alkanes of at least 4 members (excludes halogenated alkanes) is 3. The zero-order valence-electron chi connectivity index (χ0n) is 40.5. The van der Waals surface area contributed by atoms with Gasteiger partial charge < -0.3 is 15.1 Å². The minimum atomic E-state index is -0.719. The van der Waals surface area contributed by atoms with Crippen LogP contribution in [-0.2, 0) is 44.0 Å². The molecule has 4 heterocycles. The lowest BCUT2D eigenvalue weighted by Crippen LogP contribution is -2.44. The number of aryl methyl sites for hydroxylation is 2. The summed E-state index contributed by atoms with van der Waals surface area (Å²) in [6.45, 7) is 6.32. The summed E-state index contributed by atoms with van der Waals surface area (Å²) < 4.78 is 16.6. The van der Waals surface area contributed by atoms with Gasteiger partial charge in [-0.3, -0.25) is 43.3 Å². The van der Waals surface area contributed by atoms with E-state index in [0.717, 1.165) is 81.1 Å². The molecule has 3 aliphatic rings. The first-order chi connectivity index (χ1) is 33.4. The van der Waals surface area contributed by atoms with Gasteiger partial charge in [-0.2, -0.15) is 0 Å². The Morgan fingerprint density at radius 2 is 1.55 bits per heavy atom. The van der Waals surface area contributed by atoms with Crippen LogP contribution in [0.5, 0.6) is 0 Å². The molecule has 0 bridgehead atoms. The Hall–Kier alpha value is -6.15. The SMILES string of the molecule is CC(c1ccc(CCCCCN(C)C(=O)CCCCC(=O)N2CCC(c3ccc4c(c3)n(C)c(=O)n4C3CCC(=O)NC3=O)CC2)c2ccccc12)N1CCC(C(=O)NCc2cccc(F)c2)CC1. The quantitative estimate of drug-likeness (QED) is 0.0673. The summed E-state index contributed by atoms with van der Waals surface area (Å²) in [5.74, 6) is -0.570. The molecule has 2 N–H and O–H groups in total. The Balaban J connectivity index is 0.712. The molecule has 0 radical (unpaired) electrons. The number of imidazole rings is 1. The zero-order chi connectivity index (χ0) is 48.6. The van der Waals surface area contributed by atoms with Gasteiger partial charge in [0.2, 0.25) is 29.5 Å². The highest BCUT2D eigenvalue weighted by Gasteiger charge is 2.32. The van der Waals surface area contributed by atoms with Gasteiger partial charge in [0.1, 0.15) is 11.9 Å². The molecule has 4 aromatic carbocycles. The molecular weight excluding hydrogens is 874 g/mol. The minimum Gasteiger partial charge on any atom is -0.352 e. The summed E-state index contributed by atoms with van der Waals surface area (Å²) >= 11 is 0. The van der Waals surface area contributed by atoms with Crippen LogP contribution in [0.25, 0.3) is 21.8 Å². The number of nitrogens with zero attached hydrogens (tertiary/aromatic N) is 5. The van der Waals surface area contributed by atoms with Crippen LogP contribution in [0, 0.1) is 11.7 Å². The standard InChI is InChI=1S/C55H68FN7O6/c1-37(61-30-27-41(28-31-61)53(67)57-36-38-12-11-14-43(56)34-38)44-21-19-40(45-15-6-7-16-46(44)45)13-5-4-10-29-59(2)51(65)17-8-9-18-52(66)62-32-25-39(26-33-62)42-20-22-47-49(35-42)60(3)55(69)63(47)48-23-24-50(64)58-54(48)68/h6-7,11-12,14-16,19-22,34-35,37,39,41,48H,4-5,8-10,13,17-18,23-33,36H2,1-3H3,(H,57,67)(H,58,64,68). The van der Waals surface area contributed by atoms with Gasteiger partial charge in [-0.15, -0.1) is 0 Å². The third kappa shape index (κ3) is 11.7. The van der Waals surface area contributed by atoms with E-state index in [2.05, 4.69) is 58.9 Å². The van der Waals surface area contributed by atoms with Gasteiger partial charge in [0.15, 0.2) is 0 Å². The number of hydrogen-bond donors (Lipinski definition) is 2. The summed E-state index contributed by atoms with van der Waals surface area (Å²) in [6.07, 6.45) is 9.89. The highest BCUT2D eigenvalue weighted by molar-refractivity contribution is 6.00. The molecule has 5 amide bonds. The number of nitrogens with one attached hydrogen (secondary N) is 2. The molecule has 366 valence electrons. The number of piperidine rings is 3. The van der Waals surface area contributed by atoms with Crippen molar-refractivity contribution in [3.8, 4) is 0 Å².